The Morgan fingerprint density at radius 3 is 2.60 bits per heavy atom. The van der Waals surface area contributed by atoms with Crippen LogP contribution in [0.5, 0.6) is 0 Å². The van der Waals surface area contributed by atoms with E-state index in [2.05, 4.69) is 0 Å². The highest BCUT2D eigenvalue weighted by Gasteiger charge is 2.34. The van der Waals surface area contributed by atoms with Gasteiger partial charge in [-0.25, -0.2) is 9.97 Å². The Bertz CT molecular complexity index is 855. The third-order valence-corrected chi connectivity index (χ3v) is 6.61. The second-order valence-electron chi connectivity index (χ2n) is 8.65. The quantitative estimate of drug-likeness (QED) is 0.758. The maximum absolute atomic E-state index is 13.2. The molecule has 1 atom stereocenters. The van der Waals surface area contributed by atoms with Crippen molar-refractivity contribution in [1.29, 1.82) is 0 Å². The van der Waals surface area contributed by atoms with Crippen LogP contribution < -0.4 is 4.90 Å². The van der Waals surface area contributed by atoms with Gasteiger partial charge in [0.15, 0.2) is 5.82 Å². The van der Waals surface area contributed by atoms with Gasteiger partial charge in [0.25, 0.3) is 0 Å². The summed E-state index contributed by atoms with van der Waals surface area (Å²) in [4.78, 5) is 52.4. The largest absolute Gasteiger partial charge is 0.333 e. The smallest absolute Gasteiger partial charge is 0.242 e. The zero-order valence-corrected chi connectivity index (χ0v) is 18.0. The lowest BCUT2D eigenvalue weighted by molar-refractivity contribution is -0.142. The van der Waals surface area contributed by atoms with Crippen LogP contribution in [-0.2, 0) is 20.8 Å². The third kappa shape index (κ3) is 4.04. The van der Waals surface area contributed by atoms with Crippen LogP contribution >= 0.6 is 0 Å². The van der Waals surface area contributed by atoms with Gasteiger partial charge in [0.1, 0.15) is 5.82 Å². The predicted octanol–water partition coefficient (Wildman–Crippen LogP) is 2.15. The molecule has 4 rings (SSSR count). The molecular weight excluding hydrogens is 382 g/mol. The standard InChI is InChI=1S/C22H31N5O3/c1-15-16-10-11-18(28)25(2)22(16)24-21(23-15)17-8-5-7-13-27(17)20(30)14-26-12-6-3-4-9-19(26)29/h17H,3-14H2,1-2H3/t17-/m1/s1. The number of carbonyl (C=O) groups excluding carboxylic acids is 3. The van der Waals surface area contributed by atoms with Gasteiger partial charge >= 0.3 is 0 Å². The highest BCUT2D eigenvalue weighted by Crippen LogP contribution is 2.33. The van der Waals surface area contributed by atoms with Crippen molar-refractivity contribution in [2.24, 2.45) is 0 Å². The van der Waals surface area contributed by atoms with Crippen LogP contribution in [0.25, 0.3) is 0 Å². The molecule has 0 bridgehead atoms. The molecule has 0 aromatic carbocycles. The molecule has 0 saturated carbocycles. The Balaban J connectivity index is 1.58. The summed E-state index contributed by atoms with van der Waals surface area (Å²) >= 11 is 0. The molecule has 0 aliphatic carbocycles. The first kappa shape index (κ1) is 20.8. The lowest BCUT2D eigenvalue weighted by Crippen LogP contribution is -2.46. The molecule has 8 heteroatoms. The van der Waals surface area contributed by atoms with Crippen molar-refractivity contribution in [3.8, 4) is 0 Å². The number of carbonyl (C=O) groups is 3. The molecule has 3 aliphatic heterocycles. The van der Waals surface area contributed by atoms with Gasteiger partial charge in [0.05, 0.1) is 12.6 Å². The lowest BCUT2D eigenvalue weighted by Gasteiger charge is -2.37. The summed E-state index contributed by atoms with van der Waals surface area (Å²) in [6, 6.07) is -0.206. The Hall–Kier alpha value is -2.51. The fraction of sp³-hybridized carbons (Fsp3) is 0.682. The van der Waals surface area contributed by atoms with Crippen molar-refractivity contribution in [2.75, 3.05) is 31.6 Å². The molecule has 2 fully saturated rings. The lowest BCUT2D eigenvalue weighted by atomic mass is 9.99. The van der Waals surface area contributed by atoms with Gasteiger partial charge in [0, 0.05) is 44.2 Å². The number of hydrogen-bond acceptors (Lipinski definition) is 5. The van der Waals surface area contributed by atoms with E-state index in [0.29, 0.717) is 44.0 Å². The molecule has 0 radical (unpaired) electrons. The molecule has 1 aromatic heterocycles. The molecule has 0 N–H and O–H groups in total. The predicted molar refractivity (Wildman–Crippen MR) is 112 cm³/mol. The third-order valence-electron chi connectivity index (χ3n) is 6.61. The van der Waals surface area contributed by atoms with Crippen LogP contribution in [0.3, 0.4) is 0 Å². The first-order valence-electron chi connectivity index (χ1n) is 11.2. The first-order chi connectivity index (χ1) is 14.5. The number of amides is 3. The van der Waals surface area contributed by atoms with E-state index in [1.54, 1.807) is 16.8 Å². The number of rotatable bonds is 3. The summed E-state index contributed by atoms with van der Waals surface area (Å²) in [6.45, 7) is 3.40. The van der Waals surface area contributed by atoms with Crippen LogP contribution in [0.15, 0.2) is 0 Å². The van der Waals surface area contributed by atoms with Crippen molar-refractivity contribution in [2.45, 2.75) is 70.8 Å². The number of aromatic nitrogens is 2. The zero-order valence-electron chi connectivity index (χ0n) is 18.0. The first-order valence-corrected chi connectivity index (χ1v) is 11.2. The average Bonchev–Trinajstić information content (AvgIpc) is 2.95. The van der Waals surface area contributed by atoms with E-state index in [0.717, 1.165) is 49.8 Å². The summed E-state index contributed by atoms with van der Waals surface area (Å²) in [7, 11) is 1.76. The maximum atomic E-state index is 13.2. The number of nitrogens with zero attached hydrogens (tertiary/aromatic N) is 5. The maximum Gasteiger partial charge on any atom is 0.242 e. The molecule has 0 spiro atoms. The molecule has 4 heterocycles. The molecule has 30 heavy (non-hydrogen) atoms. The van der Waals surface area contributed by atoms with Gasteiger partial charge in [-0.2, -0.15) is 0 Å². The van der Waals surface area contributed by atoms with Crippen molar-refractivity contribution in [3.63, 3.8) is 0 Å². The second kappa shape index (κ2) is 8.70. The number of piperidine rings is 1. The van der Waals surface area contributed by atoms with Gasteiger partial charge in [0.2, 0.25) is 17.7 Å². The number of likely N-dealkylation sites (tertiary alicyclic amines) is 2. The summed E-state index contributed by atoms with van der Waals surface area (Å²) in [5.74, 6) is 1.40. The average molecular weight is 414 g/mol. The molecule has 8 nitrogen and oxygen atoms in total. The SMILES string of the molecule is Cc1nc([C@H]2CCCCN2C(=O)CN2CCCCCC2=O)nc2c1CCC(=O)N2C. The summed E-state index contributed by atoms with van der Waals surface area (Å²) in [6.07, 6.45) is 7.32. The minimum atomic E-state index is -0.206. The molecule has 0 unspecified atom stereocenters. The van der Waals surface area contributed by atoms with Crippen molar-refractivity contribution >= 4 is 23.5 Å². The van der Waals surface area contributed by atoms with E-state index in [1.807, 2.05) is 11.8 Å². The summed E-state index contributed by atoms with van der Waals surface area (Å²) in [5, 5.41) is 0. The monoisotopic (exact) mass is 413 g/mol. The summed E-state index contributed by atoms with van der Waals surface area (Å²) in [5.41, 5.74) is 1.90. The van der Waals surface area contributed by atoms with Crippen LogP contribution in [0.4, 0.5) is 5.82 Å². The Morgan fingerprint density at radius 1 is 0.967 bits per heavy atom. The van der Waals surface area contributed by atoms with Crippen LogP contribution in [0, 0.1) is 6.92 Å². The topological polar surface area (TPSA) is 86.7 Å². The van der Waals surface area contributed by atoms with Gasteiger partial charge in [-0.15, -0.1) is 0 Å². The highest BCUT2D eigenvalue weighted by molar-refractivity contribution is 5.94. The minimum absolute atomic E-state index is 0.0293. The molecule has 1 aromatic rings. The van der Waals surface area contributed by atoms with Crippen molar-refractivity contribution in [3.05, 3.63) is 17.1 Å². The summed E-state index contributed by atoms with van der Waals surface area (Å²) < 4.78 is 0. The molecule has 3 amide bonds. The van der Waals surface area contributed by atoms with E-state index < -0.39 is 0 Å². The fourth-order valence-electron chi connectivity index (χ4n) is 4.80. The fourth-order valence-corrected chi connectivity index (χ4v) is 4.80. The van der Waals surface area contributed by atoms with Gasteiger partial charge in [-0.05, 0) is 45.4 Å². The van der Waals surface area contributed by atoms with Crippen molar-refractivity contribution in [1.82, 2.24) is 19.8 Å². The molecule has 3 aliphatic rings. The Kier molecular flexibility index (Phi) is 6.01. The van der Waals surface area contributed by atoms with E-state index in [-0.39, 0.29) is 30.3 Å². The molecule has 2 saturated heterocycles. The van der Waals surface area contributed by atoms with E-state index in [9.17, 15) is 14.4 Å². The normalized spacial score (nSPS) is 22.7. The highest BCUT2D eigenvalue weighted by atomic mass is 16.2. The second-order valence-corrected chi connectivity index (χ2v) is 8.65. The van der Waals surface area contributed by atoms with E-state index in [1.165, 1.54) is 0 Å². The molecule has 162 valence electrons. The zero-order chi connectivity index (χ0) is 21.3. The van der Waals surface area contributed by atoms with Crippen LogP contribution in [0.2, 0.25) is 0 Å². The Labute approximate surface area is 177 Å². The van der Waals surface area contributed by atoms with Gasteiger partial charge < -0.3 is 9.80 Å². The van der Waals surface area contributed by atoms with Crippen LogP contribution in [-0.4, -0.2) is 64.2 Å². The van der Waals surface area contributed by atoms with Crippen molar-refractivity contribution < 1.29 is 14.4 Å². The van der Waals surface area contributed by atoms with Crippen LogP contribution in [0.1, 0.15) is 74.5 Å². The van der Waals surface area contributed by atoms with Gasteiger partial charge in [-0.3, -0.25) is 19.3 Å². The van der Waals surface area contributed by atoms with Gasteiger partial charge in [-0.1, -0.05) is 6.42 Å². The minimum Gasteiger partial charge on any atom is -0.333 e. The number of aryl methyl sites for hydroxylation is 1. The Morgan fingerprint density at radius 2 is 1.77 bits per heavy atom. The number of hydrogen-bond donors (Lipinski definition) is 0. The van der Waals surface area contributed by atoms with E-state index in [4.69, 9.17) is 9.97 Å². The number of anilines is 1. The van der Waals surface area contributed by atoms with E-state index >= 15 is 0 Å². The molecular formula is C22H31N5O3. The number of fused-ring (bicyclic) bond motifs is 1.